The molecule has 1 aromatic carbocycles. The number of benzene rings is 1. The number of hydrogen-bond acceptors (Lipinski definition) is 2. The topological polar surface area (TPSA) is 66.6 Å². The van der Waals surface area contributed by atoms with E-state index in [1.807, 2.05) is 12.1 Å². The minimum atomic E-state index is -0.255. The fourth-order valence-electron chi connectivity index (χ4n) is 2.16. The monoisotopic (exact) mass is 344 g/mol. The van der Waals surface area contributed by atoms with Gasteiger partial charge in [-0.25, -0.2) is 0 Å². The Morgan fingerprint density at radius 3 is 2.68 bits per heavy atom. The molecule has 0 saturated carbocycles. The van der Waals surface area contributed by atoms with Crippen LogP contribution in [0.2, 0.25) is 10.0 Å². The summed E-state index contributed by atoms with van der Waals surface area (Å²) in [6.07, 6.45) is -0.255. The summed E-state index contributed by atoms with van der Waals surface area (Å²) in [6, 6.07) is 9.21. The number of aliphatic hydroxyl groups excluding tert-OH is 1. The van der Waals surface area contributed by atoms with Crippen molar-refractivity contribution in [2.45, 2.75) is 19.6 Å². The maximum absolute atomic E-state index is 9.16. The highest BCUT2D eigenvalue weighted by Gasteiger charge is 2.10. The Balaban J connectivity index is 1.83. The summed E-state index contributed by atoms with van der Waals surface area (Å²) >= 11 is 12.2. The van der Waals surface area contributed by atoms with E-state index in [1.165, 1.54) is 0 Å². The molecule has 1 aromatic heterocycles. The molecular formula is C16H22Cl2N2O2+2. The fraction of sp³-hybridized carbons (Fsp3) is 0.375. The third-order valence-electron chi connectivity index (χ3n) is 3.28. The van der Waals surface area contributed by atoms with Gasteiger partial charge in [-0.15, -0.1) is 0 Å². The van der Waals surface area contributed by atoms with Gasteiger partial charge in [-0.2, -0.15) is 0 Å². The molecule has 120 valence electrons. The number of quaternary nitrogens is 2. The molecule has 22 heavy (non-hydrogen) atoms. The average Bonchev–Trinajstić information content (AvgIpc) is 2.93. The Bertz CT molecular complexity index is 600. The van der Waals surface area contributed by atoms with Gasteiger partial charge in [0.2, 0.25) is 0 Å². The Hall–Kier alpha value is -1.04. The second kappa shape index (κ2) is 8.56. The van der Waals surface area contributed by atoms with Crippen LogP contribution < -0.4 is 10.6 Å². The van der Waals surface area contributed by atoms with Crippen molar-refractivity contribution in [2.24, 2.45) is 0 Å². The Kier molecular flexibility index (Phi) is 6.73. The van der Waals surface area contributed by atoms with Gasteiger partial charge in [-0.05, 0) is 37.3 Å². The van der Waals surface area contributed by atoms with Gasteiger partial charge in [-0.1, -0.05) is 23.2 Å². The number of rotatable bonds is 8. The lowest BCUT2D eigenvalue weighted by Gasteiger charge is -2.03. The first-order chi connectivity index (χ1) is 10.6. The summed E-state index contributed by atoms with van der Waals surface area (Å²) in [5.41, 5.74) is 0.811. The summed E-state index contributed by atoms with van der Waals surface area (Å²) in [5.74, 6) is 1.64. The van der Waals surface area contributed by atoms with Gasteiger partial charge in [0, 0.05) is 10.6 Å². The summed E-state index contributed by atoms with van der Waals surface area (Å²) in [5, 5.41) is 14.7. The molecule has 0 unspecified atom stereocenters. The second-order valence-electron chi connectivity index (χ2n) is 5.33. The quantitative estimate of drug-likeness (QED) is 0.631. The normalized spacial score (nSPS) is 12.5. The molecule has 0 aliphatic rings. The predicted molar refractivity (Wildman–Crippen MR) is 88.0 cm³/mol. The lowest BCUT2D eigenvalue weighted by atomic mass is 10.2. The Labute approximate surface area is 140 Å². The van der Waals surface area contributed by atoms with E-state index < -0.39 is 0 Å². The third-order valence-corrected chi connectivity index (χ3v) is 3.85. The average molecular weight is 345 g/mol. The molecule has 0 saturated heterocycles. The zero-order valence-electron chi connectivity index (χ0n) is 12.6. The van der Waals surface area contributed by atoms with Crippen LogP contribution in [0.3, 0.4) is 0 Å². The number of nitrogens with two attached hydrogens (primary N) is 2. The third kappa shape index (κ3) is 5.30. The highest BCUT2D eigenvalue weighted by molar-refractivity contribution is 6.35. The number of aliphatic hydroxyl groups is 1. The first-order valence-electron chi connectivity index (χ1n) is 7.42. The van der Waals surface area contributed by atoms with Crippen LogP contribution in [0.1, 0.15) is 12.7 Å². The van der Waals surface area contributed by atoms with E-state index in [-0.39, 0.29) is 6.10 Å². The molecule has 0 fully saturated rings. The molecule has 0 spiro atoms. The molecule has 5 N–H and O–H groups in total. The molecule has 6 heteroatoms. The van der Waals surface area contributed by atoms with Gasteiger partial charge in [0.15, 0.2) is 5.76 Å². The van der Waals surface area contributed by atoms with Gasteiger partial charge in [-0.3, -0.25) is 0 Å². The van der Waals surface area contributed by atoms with Crippen LogP contribution >= 0.6 is 23.2 Å². The van der Waals surface area contributed by atoms with Gasteiger partial charge in [0.05, 0.1) is 11.1 Å². The van der Waals surface area contributed by atoms with Crippen LogP contribution in [-0.2, 0) is 6.54 Å². The molecular weight excluding hydrogens is 323 g/mol. The first kappa shape index (κ1) is 17.3. The van der Waals surface area contributed by atoms with E-state index in [1.54, 1.807) is 25.1 Å². The van der Waals surface area contributed by atoms with Crippen molar-refractivity contribution < 1.29 is 20.2 Å². The van der Waals surface area contributed by atoms with E-state index in [0.717, 1.165) is 43.3 Å². The van der Waals surface area contributed by atoms with Crippen molar-refractivity contribution in [2.75, 3.05) is 19.6 Å². The highest BCUT2D eigenvalue weighted by atomic mass is 35.5. The molecule has 1 heterocycles. The fourth-order valence-corrected chi connectivity index (χ4v) is 2.54. The zero-order chi connectivity index (χ0) is 15.9. The summed E-state index contributed by atoms with van der Waals surface area (Å²) in [6.45, 7) is 5.26. The summed E-state index contributed by atoms with van der Waals surface area (Å²) < 4.78 is 5.83. The van der Waals surface area contributed by atoms with Crippen molar-refractivity contribution in [3.8, 4) is 11.3 Å². The second-order valence-corrected chi connectivity index (χ2v) is 6.18. The molecule has 0 amide bonds. The Morgan fingerprint density at radius 1 is 1.14 bits per heavy atom. The highest BCUT2D eigenvalue weighted by Crippen LogP contribution is 2.31. The van der Waals surface area contributed by atoms with Crippen LogP contribution in [0.25, 0.3) is 11.3 Å². The van der Waals surface area contributed by atoms with Gasteiger partial charge in [0.25, 0.3) is 0 Å². The largest absolute Gasteiger partial charge is 0.455 e. The molecule has 0 aliphatic heterocycles. The molecule has 0 aliphatic carbocycles. The van der Waals surface area contributed by atoms with Crippen LogP contribution in [0, 0.1) is 0 Å². The predicted octanol–water partition coefficient (Wildman–Crippen LogP) is 1.26. The van der Waals surface area contributed by atoms with Crippen molar-refractivity contribution in [1.29, 1.82) is 0 Å². The molecule has 2 rings (SSSR count). The summed E-state index contributed by atoms with van der Waals surface area (Å²) in [4.78, 5) is 0. The van der Waals surface area contributed by atoms with E-state index in [0.29, 0.717) is 10.0 Å². The van der Waals surface area contributed by atoms with Crippen LogP contribution in [0.15, 0.2) is 34.7 Å². The Morgan fingerprint density at radius 2 is 1.91 bits per heavy atom. The van der Waals surface area contributed by atoms with E-state index in [9.17, 15) is 0 Å². The lowest BCUT2D eigenvalue weighted by Crippen LogP contribution is -2.95. The summed E-state index contributed by atoms with van der Waals surface area (Å²) in [7, 11) is 0. The van der Waals surface area contributed by atoms with Gasteiger partial charge < -0.3 is 20.2 Å². The minimum Gasteiger partial charge on any atom is -0.455 e. The molecule has 4 nitrogen and oxygen atoms in total. The molecule has 0 bridgehead atoms. The minimum absolute atomic E-state index is 0.255. The number of halogens is 2. The number of hydrogen-bond donors (Lipinski definition) is 3. The van der Waals surface area contributed by atoms with E-state index in [4.69, 9.17) is 32.7 Å². The van der Waals surface area contributed by atoms with Crippen molar-refractivity contribution in [3.05, 3.63) is 46.1 Å². The SMILES string of the molecule is C[C@H](O)C[NH2+]CC[NH2+]Cc1ccc(-c2cc(Cl)ccc2Cl)o1. The lowest BCUT2D eigenvalue weighted by molar-refractivity contribution is -0.733. The molecule has 1 atom stereocenters. The van der Waals surface area contributed by atoms with Crippen LogP contribution in [-0.4, -0.2) is 30.8 Å². The van der Waals surface area contributed by atoms with E-state index >= 15 is 0 Å². The van der Waals surface area contributed by atoms with Crippen molar-refractivity contribution in [1.82, 2.24) is 0 Å². The standard InChI is InChI=1S/C16H20Cl2N2O2/c1-11(21)9-19-6-7-20-10-13-3-5-16(22-13)14-8-12(17)2-4-15(14)18/h2-5,8,11,19-21H,6-7,9-10H2,1H3/p+2/t11-/m0/s1. The van der Waals surface area contributed by atoms with Crippen LogP contribution in [0.5, 0.6) is 0 Å². The maximum atomic E-state index is 9.16. The van der Waals surface area contributed by atoms with Crippen LogP contribution in [0.4, 0.5) is 0 Å². The van der Waals surface area contributed by atoms with Gasteiger partial charge >= 0.3 is 0 Å². The zero-order valence-corrected chi connectivity index (χ0v) is 14.1. The van der Waals surface area contributed by atoms with Gasteiger partial charge in [0.1, 0.15) is 31.9 Å². The maximum Gasteiger partial charge on any atom is 0.158 e. The smallest absolute Gasteiger partial charge is 0.158 e. The number of furan rings is 1. The van der Waals surface area contributed by atoms with Crippen molar-refractivity contribution in [3.63, 3.8) is 0 Å². The molecule has 2 aromatic rings. The van der Waals surface area contributed by atoms with Crippen molar-refractivity contribution >= 4 is 23.2 Å². The first-order valence-corrected chi connectivity index (χ1v) is 8.17. The molecule has 0 radical (unpaired) electrons. The van der Waals surface area contributed by atoms with E-state index in [2.05, 4.69) is 10.6 Å².